The second-order valence-electron chi connectivity index (χ2n) is 6.30. The number of thioether (sulfide) groups is 1. The summed E-state index contributed by atoms with van der Waals surface area (Å²) < 4.78 is 0. The highest BCUT2D eigenvalue weighted by atomic mass is 32.2. The summed E-state index contributed by atoms with van der Waals surface area (Å²) in [5.74, 6) is 0. The zero-order valence-corrected chi connectivity index (χ0v) is 14.6. The summed E-state index contributed by atoms with van der Waals surface area (Å²) in [5, 5.41) is 11.9. The van der Waals surface area contributed by atoms with Gasteiger partial charge in [0.2, 0.25) is 0 Å². The lowest BCUT2D eigenvalue weighted by molar-refractivity contribution is 0.530. The maximum Gasteiger partial charge on any atom is 0.0651 e. The molecular formula is C19H22N4S. The van der Waals surface area contributed by atoms with Gasteiger partial charge in [0.1, 0.15) is 0 Å². The molecule has 2 N–H and O–H groups in total. The minimum Gasteiger partial charge on any atom is -0.381 e. The first kappa shape index (κ1) is 15.4. The van der Waals surface area contributed by atoms with Crippen LogP contribution in [-0.2, 0) is 0 Å². The van der Waals surface area contributed by atoms with Gasteiger partial charge < -0.3 is 10.2 Å². The van der Waals surface area contributed by atoms with Gasteiger partial charge in [-0.15, -0.1) is 11.8 Å². The molecule has 2 heterocycles. The first-order valence-electron chi connectivity index (χ1n) is 8.40. The normalized spacial score (nSPS) is 18.0. The van der Waals surface area contributed by atoms with Crippen LogP contribution in [0.25, 0.3) is 10.9 Å². The minimum atomic E-state index is 0.475. The molecule has 1 unspecified atom stereocenters. The fourth-order valence-electron chi connectivity index (χ4n) is 3.39. The predicted octanol–water partition coefficient (Wildman–Crippen LogP) is 4.37. The molecular weight excluding hydrogens is 316 g/mol. The molecule has 1 aromatic heterocycles. The highest BCUT2D eigenvalue weighted by Crippen LogP contribution is 2.25. The Morgan fingerprint density at radius 3 is 2.92 bits per heavy atom. The fourth-order valence-corrected chi connectivity index (χ4v) is 3.80. The number of anilines is 2. The second kappa shape index (κ2) is 6.77. The first-order valence-corrected chi connectivity index (χ1v) is 9.63. The number of rotatable bonds is 4. The summed E-state index contributed by atoms with van der Waals surface area (Å²) >= 11 is 1.79. The quantitative estimate of drug-likeness (QED) is 0.694. The highest BCUT2D eigenvalue weighted by Gasteiger charge is 2.20. The van der Waals surface area contributed by atoms with Crippen LogP contribution in [0, 0.1) is 0 Å². The number of hydrogen-bond acceptors (Lipinski definition) is 4. The molecule has 2 aromatic carbocycles. The standard InChI is InChI=1S/C19H22N4S/c1-24-18-7-5-17(6-8-18)23-10-2-3-16(13-23)21-15-4-9-19-14(11-15)12-20-22-19/h4-9,11-12,16,21H,2-3,10,13H2,1H3,(H,20,22). The summed E-state index contributed by atoms with van der Waals surface area (Å²) in [4.78, 5) is 3.81. The number of H-pyrrole nitrogens is 1. The van der Waals surface area contributed by atoms with Crippen molar-refractivity contribution >= 4 is 34.0 Å². The Balaban J connectivity index is 1.45. The average Bonchev–Trinajstić information content (AvgIpc) is 3.10. The molecule has 1 aliphatic heterocycles. The molecule has 1 aliphatic rings. The van der Waals surface area contributed by atoms with Crippen molar-refractivity contribution in [1.29, 1.82) is 0 Å². The summed E-state index contributed by atoms with van der Waals surface area (Å²) in [7, 11) is 0. The summed E-state index contributed by atoms with van der Waals surface area (Å²) in [6.45, 7) is 2.18. The molecule has 24 heavy (non-hydrogen) atoms. The molecule has 4 rings (SSSR count). The lowest BCUT2D eigenvalue weighted by atomic mass is 10.0. The molecule has 124 valence electrons. The van der Waals surface area contributed by atoms with E-state index in [4.69, 9.17) is 0 Å². The maximum atomic E-state index is 4.09. The Labute approximate surface area is 146 Å². The van der Waals surface area contributed by atoms with Gasteiger partial charge in [-0.2, -0.15) is 5.10 Å². The molecule has 3 aromatic rings. The molecule has 0 saturated carbocycles. The van der Waals surface area contributed by atoms with E-state index in [9.17, 15) is 0 Å². The van der Waals surface area contributed by atoms with Gasteiger partial charge in [0.15, 0.2) is 0 Å². The number of piperidine rings is 1. The van der Waals surface area contributed by atoms with Gasteiger partial charge in [0.05, 0.1) is 11.7 Å². The lowest BCUT2D eigenvalue weighted by Gasteiger charge is -2.35. The maximum absolute atomic E-state index is 4.09. The van der Waals surface area contributed by atoms with Crippen molar-refractivity contribution < 1.29 is 0 Å². The second-order valence-corrected chi connectivity index (χ2v) is 7.18. The van der Waals surface area contributed by atoms with Gasteiger partial charge in [0, 0.05) is 40.8 Å². The van der Waals surface area contributed by atoms with E-state index < -0.39 is 0 Å². The number of hydrogen-bond donors (Lipinski definition) is 2. The van der Waals surface area contributed by atoms with Crippen LogP contribution in [0.3, 0.4) is 0 Å². The molecule has 5 heteroatoms. The van der Waals surface area contributed by atoms with Crippen molar-refractivity contribution in [2.45, 2.75) is 23.8 Å². The van der Waals surface area contributed by atoms with Crippen LogP contribution < -0.4 is 10.2 Å². The summed E-state index contributed by atoms with van der Waals surface area (Å²) in [6.07, 6.45) is 6.42. The van der Waals surface area contributed by atoms with Crippen LogP contribution in [-0.4, -0.2) is 35.6 Å². The van der Waals surface area contributed by atoms with Crippen LogP contribution in [0.2, 0.25) is 0 Å². The molecule has 0 bridgehead atoms. The summed E-state index contributed by atoms with van der Waals surface area (Å²) in [5.41, 5.74) is 3.58. The molecule has 0 aliphatic carbocycles. The molecule has 1 atom stereocenters. The zero-order valence-electron chi connectivity index (χ0n) is 13.8. The van der Waals surface area contributed by atoms with E-state index in [-0.39, 0.29) is 0 Å². The smallest absolute Gasteiger partial charge is 0.0651 e. The van der Waals surface area contributed by atoms with E-state index in [2.05, 4.69) is 69.1 Å². The van der Waals surface area contributed by atoms with E-state index in [1.165, 1.54) is 29.1 Å². The zero-order chi connectivity index (χ0) is 16.4. The Hall–Kier alpha value is -2.14. The molecule has 0 amide bonds. The molecule has 0 spiro atoms. The molecule has 4 nitrogen and oxygen atoms in total. The summed E-state index contributed by atoms with van der Waals surface area (Å²) in [6, 6.07) is 15.8. The number of aromatic amines is 1. The van der Waals surface area contributed by atoms with E-state index in [0.29, 0.717) is 6.04 Å². The fraction of sp³-hybridized carbons (Fsp3) is 0.316. The van der Waals surface area contributed by atoms with Gasteiger partial charge in [0.25, 0.3) is 0 Å². The van der Waals surface area contributed by atoms with Gasteiger partial charge in [-0.1, -0.05) is 0 Å². The van der Waals surface area contributed by atoms with E-state index in [0.717, 1.165) is 24.0 Å². The van der Waals surface area contributed by atoms with Crippen LogP contribution in [0.4, 0.5) is 11.4 Å². The third-order valence-electron chi connectivity index (χ3n) is 4.67. The van der Waals surface area contributed by atoms with Crippen molar-refractivity contribution in [2.24, 2.45) is 0 Å². The average molecular weight is 338 g/mol. The van der Waals surface area contributed by atoms with Crippen LogP contribution in [0.15, 0.2) is 53.6 Å². The van der Waals surface area contributed by atoms with Crippen molar-refractivity contribution in [3.63, 3.8) is 0 Å². The lowest BCUT2D eigenvalue weighted by Crippen LogP contribution is -2.42. The topological polar surface area (TPSA) is 44.0 Å². The Morgan fingerprint density at radius 1 is 1.21 bits per heavy atom. The van der Waals surface area contributed by atoms with Crippen LogP contribution in [0.1, 0.15) is 12.8 Å². The number of nitrogens with one attached hydrogen (secondary N) is 2. The first-order chi connectivity index (χ1) is 11.8. The van der Waals surface area contributed by atoms with E-state index >= 15 is 0 Å². The van der Waals surface area contributed by atoms with Crippen molar-refractivity contribution in [3.05, 3.63) is 48.7 Å². The van der Waals surface area contributed by atoms with E-state index in [1.807, 2.05) is 6.20 Å². The van der Waals surface area contributed by atoms with Crippen molar-refractivity contribution in [1.82, 2.24) is 10.2 Å². The Bertz CT molecular complexity index is 812. The highest BCUT2D eigenvalue weighted by molar-refractivity contribution is 7.98. The molecule has 1 fully saturated rings. The van der Waals surface area contributed by atoms with Gasteiger partial charge >= 0.3 is 0 Å². The number of aromatic nitrogens is 2. The van der Waals surface area contributed by atoms with E-state index in [1.54, 1.807) is 11.8 Å². The third-order valence-corrected chi connectivity index (χ3v) is 5.41. The third kappa shape index (κ3) is 3.22. The Morgan fingerprint density at radius 2 is 2.08 bits per heavy atom. The van der Waals surface area contributed by atoms with Gasteiger partial charge in [-0.3, -0.25) is 5.10 Å². The number of nitrogens with zero attached hydrogens (tertiary/aromatic N) is 2. The predicted molar refractivity (Wildman–Crippen MR) is 103 cm³/mol. The van der Waals surface area contributed by atoms with Crippen molar-refractivity contribution in [2.75, 3.05) is 29.6 Å². The van der Waals surface area contributed by atoms with Crippen LogP contribution in [0.5, 0.6) is 0 Å². The van der Waals surface area contributed by atoms with Gasteiger partial charge in [-0.25, -0.2) is 0 Å². The van der Waals surface area contributed by atoms with Crippen molar-refractivity contribution in [3.8, 4) is 0 Å². The molecule has 0 radical (unpaired) electrons. The SMILES string of the molecule is CSc1ccc(N2CCCC(Nc3ccc4[nH]ncc4c3)C2)cc1. The monoisotopic (exact) mass is 338 g/mol. The largest absolute Gasteiger partial charge is 0.381 e. The minimum absolute atomic E-state index is 0.475. The number of fused-ring (bicyclic) bond motifs is 1. The van der Waals surface area contributed by atoms with Gasteiger partial charge in [-0.05, 0) is 61.6 Å². The molecule has 1 saturated heterocycles. The number of benzene rings is 2. The van der Waals surface area contributed by atoms with Crippen LogP contribution >= 0.6 is 11.8 Å². The Kier molecular flexibility index (Phi) is 4.34.